The van der Waals surface area contributed by atoms with Crippen LogP contribution < -0.4 is 0 Å². The number of aromatic amines is 1. The predicted octanol–water partition coefficient (Wildman–Crippen LogP) is 3.35. The van der Waals surface area contributed by atoms with Crippen LogP contribution >= 0.6 is 12.2 Å². The molecule has 0 fully saturated rings. The molecule has 2 aromatic heterocycles. The van der Waals surface area contributed by atoms with Crippen molar-refractivity contribution in [3.05, 3.63) is 53.3 Å². The van der Waals surface area contributed by atoms with Crippen LogP contribution in [0.25, 0.3) is 22.2 Å². The number of benzene rings is 1. The highest BCUT2D eigenvalue weighted by Crippen LogP contribution is 2.20. The van der Waals surface area contributed by atoms with Gasteiger partial charge in [0.25, 0.3) is 0 Å². The van der Waals surface area contributed by atoms with Crippen LogP contribution in [0.2, 0.25) is 0 Å². The van der Waals surface area contributed by atoms with Crippen molar-refractivity contribution in [2.45, 2.75) is 0 Å². The van der Waals surface area contributed by atoms with E-state index >= 15 is 0 Å². The number of hydrogen-bond acceptors (Lipinski definition) is 3. The summed E-state index contributed by atoms with van der Waals surface area (Å²) in [5.41, 5.74) is 2.81. The van der Waals surface area contributed by atoms with E-state index in [0.717, 1.165) is 22.2 Å². The van der Waals surface area contributed by atoms with Gasteiger partial charge in [0.05, 0.1) is 11.2 Å². The molecule has 0 radical (unpaired) electrons. The zero-order valence-corrected chi connectivity index (χ0v) is 9.74. The van der Waals surface area contributed by atoms with Gasteiger partial charge in [0.1, 0.15) is 4.64 Å². The summed E-state index contributed by atoms with van der Waals surface area (Å²) >= 11 is 4.96. The molecule has 3 rings (SSSR count). The van der Waals surface area contributed by atoms with Crippen molar-refractivity contribution in [1.82, 2.24) is 15.2 Å². The van der Waals surface area contributed by atoms with Gasteiger partial charge in [-0.2, -0.15) is 5.10 Å². The van der Waals surface area contributed by atoms with Gasteiger partial charge >= 0.3 is 0 Å². The number of nitrogens with one attached hydrogen (secondary N) is 1. The number of H-pyrrole nitrogens is 1. The van der Waals surface area contributed by atoms with Crippen LogP contribution in [0, 0.1) is 4.64 Å². The maximum absolute atomic E-state index is 4.96. The average Bonchev–Trinajstić information content (AvgIpc) is 2.39. The number of nitrogens with zero attached hydrogens (tertiary/aromatic N) is 2. The topological polar surface area (TPSA) is 41.6 Å². The van der Waals surface area contributed by atoms with Crippen molar-refractivity contribution in [2.75, 3.05) is 0 Å². The minimum Gasteiger partial charge on any atom is -0.267 e. The molecule has 0 atom stereocenters. The van der Waals surface area contributed by atoms with E-state index in [1.165, 1.54) is 0 Å². The zero-order chi connectivity index (χ0) is 11.7. The van der Waals surface area contributed by atoms with E-state index < -0.39 is 0 Å². The minimum atomic E-state index is 0.627. The molecule has 1 aromatic carbocycles. The SMILES string of the molecule is S=c1ccc(-c2cnc3ccccc3c2)n[nH]1. The third-order valence-electron chi connectivity index (χ3n) is 2.57. The van der Waals surface area contributed by atoms with Crippen molar-refractivity contribution in [3.63, 3.8) is 0 Å². The number of fused-ring (bicyclic) bond motifs is 1. The maximum atomic E-state index is 4.96. The predicted molar refractivity (Wildman–Crippen MR) is 70.2 cm³/mol. The highest BCUT2D eigenvalue weighted by atomic mass is 32.1. The van der Waals surface area contributed by atoms with Gasteiger partial charge in [-0.1, -0.05) is 30.4 Å². The van der Waals surface area contributed by atoms with E-state index in [1.807, 2.05) is 42.6 Å². The summed E-state index contributed by atoms with van der Waals surface area (Å²) in [6.07, 6.45) is 1.82. The quantitative estimate of drug-likeness (QED) is 0.662. The first-order chi connectivity index (χ1) is 8.33. The first-order valence-corrected chi connectivity index (χ1v) is 5.65. The minimum absolute atomic E-state index is 0.627. The van der Waals surface area contributed by atoms with E-state index in [1.54, 1.807) is 0 Å². The Bertz CT molecular complexity index is 713. The third-order valence-corrected chi connectivity index (χ3v) is 2.79. The molecule has 3 aromatic rings. The molecule has 82 valence electrons. The molecule has 0 unspecified atom stereocenters. The molecule has 2 heterocycles. The summed E-state index contributed by atoms with van der Waals surface area (Å²) in [6, 6.07) is 13.8. The Hall–Kier alpha value is -2.07. The lowest BCUT2D eigenvalue weighted by atomic mass is 10.1. The van der Waals surface area contributed by atoms with Crippen LogP contribution in [0.4, 0.5) is 0 Å². The average molecular weight is 239 g/mol. The molecule has 0 aliphatic carbocycles. The Morgan fingerprint density at radius 2 is 1.94 bits per heavy atom. The summed E-state index contributed by atoms with van der Waals surface area (Å²) in [5.74, 6) is 0. The second kappa shape index (κ2) is 4.07. The molecule has 0 aliphatic heterocycles. The molecule has 0 amide bonds. The van der Waals surface area contributed by atoms with Gasteiger partial charge in [0, 0.05) is 17.1 Å². The lowest BCUT2D eigenvalue weighted by Gasteiger charge is -2.01. The fourth-order valence-corrected chi connectivity index (χ4v) is 1.83. The van der Waals surface area contributed by atoms with Crippen molar-refractivity contribution in [1.29, 1.82) is 0 Å². The standard InChI is InChI=1S/C13H9N3S/c17-13-6-5-12(15-16-13)10-7-9-3-1-2-4-11(9)14-8-10/h1-8H,(H,16,17). The molecule has 3 nitrogen and oxygen atoms in total. The van der Waals surface area contributed by atoms with E-state index in [4.69, 9.17) is 12.2 Å². The molecular weight excluding hydrogens is 230 g/mol. The summed E-state index contributed by atoms with van der Waals surface area (Å²) < 4.78 is 0.627. The highest BCUT2D eigenvalue weighted by molar-refractivity contribution is 7.71. The largest absolute Gasteiger partial charge is 0.267 e. The number of hydrogen-bond donors (Lipinski definition) is 1. The maximum Gasteiger partial charge on any atom is 0.119 e. The van der Waals surface area contributed by atoms with E-state index in [-0.39, 0.29) is 0 Å². The molecular formula is C13H9N3S. The first kappa shape index (κ1) is 10.1. The van der Waals surface area contributed by atoms with Crippen molar-refractivity contribution >= 4 is 23.1 Å². The number of aromatic nitrogens is 3. The molecule has 1 N–H and O–H groups in total. The van der Waals surface area contributed by atoms with Crippen LogP contribution in [0.1, 0.15) is 0 Å². The fraction of sp³-hybridized carbons (Fsp3) is 0. The Morgan fingerprint density at radius 1 is 1.06 bits per heavy atom. The number of rotatable bonds is 1. The van der Waals surface area contributed by atoms with Crippen LogP contribution in [-0.4, -0.2) is 15.2 Å². The van der Waals surface area contributed by atoms with Crippen LogP contribution in [0.3, 0.4) is 0 Å². The Morgan fingerprint density at radius 3 is 2.76 bits per heavy atom. The van der Waals surface area contributed by atoms with Crippen molar-refractivity contribution < 1.29 is 0 Å². The van der Waals surface area contributed by atoms with E-state index in [9.17, 15) is 0 Å². The normalized spacial score (nSPS) is 10.6. The van der Waals surface area contributed by atoms with Gasteiger partial charge in [-0.05, 0) is 24.3 Å². The lowest BCUT2D eigenvalue weighted by Crippen LogP contribution is -1.88. The van der Waals surface area contributed by atoms with Gasteiger partial charge < -0.3 is 0 Å². The van der Waals surface area contributed by atoms with Gasteiger partial charge in [0.2, 0.25) is 0 Å². The van der Waals surface area contributed by atoms with Crippen LogP contribution in [0.15, 0.2) is 48.7 Å². The van der Waals surface area contributed by atoms with E-state index in [2.05, 4.69) is 21.2 Å². The van der Waals surface area contributed by atoms with Gasteiger partial charge in [0.15, 0.2) is 0 Å². The second-order valence-electron chi connectivity index (χ2n) is 3.72. The highest BCUT2D eigenvalue weighted by Gasteiger charge is 2.01. The van der Waals surface area contributed by atoms with Gasteiger partial charge in [-0.25, -0.2) is 0 Å². The summed E-state index contributed by atoms with van der Waals surface area (Å²) in [7, 11) is 0. The Balaban J connectivity index is 2.17. The molecule has 17 heavy (non-hydrogen) atoms. The number of para-hydroxylation sites is 1. The van der Waals surface area contributed by atoms with Crippen molar-refractivity contribution in [2.24, 2.45) is 0 Å². The lowest BCUT2D eigenvalue weighted by molar-refractivity contribution is 1.02. The van der Waals surface area contributed by atoms with Crippen LogP contribution in [-0.2, 0) is 0 Å². The molecule has 0 bridgehead atoms. The molecule has 0 spiro atoms. The smallest absolute Gasteiger partial charge is 0.119 e. The molecule has 0 saturated carbocycles. The molecule has 0 aliphatic rings. The second-order valence-corrected chi connectivity index (χ2v) is 4.16. The Kier molecular flexibility index (Phi) is 2.42. The third kappa shape index (κ3) is 1.94. The Labute approximate surface area is 103 Å². The summed E-state index contributed by atoms with van der Waals surface area (Å²) in [5, 5.41) is 8.08. The summed E-state index contributed by atoms with van der Waals surface area (Å²) in [4.78, 5) is 4.40. The summed E-state index contributed by atoms with van der Waals surface area (Å²) in [6.45, 7) is 0. The van der Waals surface area contributed by atoms with Gasteiger partial charge in [-0.3, -0.25) is 10.1 Å². The van der Waals surface area contributed by atoms with Gasteiger partial charge in [-0.15, -0.1) is 0 Å². The zero-order valence-electron chi connectivity index (χ0n) is 8.92. The van der Waals surface area contributed by atoms with Crippen LogP contribution in [0.5, 0.6) is 0 Å². The monoisotopic (exact) mass is 239 g/mol. The molecule has 4 heteroatoms. The van der Waals surface area contributed by atoms with Crippen molar-refractivity contribution in [3.8, 4) is 11.3 Å². The molecule has 0 saturated heterocycles. The fourth-order valence-electron chi connectivity index (χ4n) is 1.72. The van der Waals surface area contributed by atoms with E-state index in [0.29, 0.717) is 4.64 Å². The number of pyridine rings is 1. The first-order valence-electron chi connectivity index (χ1n) is 5.24.